The second kappa shape index (κ2) is 8.68. The Labute approximate surface area is 144 Å². The minimum absolute atomic E-state index is 0.0940. The van der Waals surface area contributed by atoms with Gasteiger partial charge in [-0.05, 0) is 42.3 Å². The molecule has 0 spiro atoms. The highest BCUT2D eigenvalue weighted by Crippen LogP contribution is 2.19. The van der Waals surface area contributed by atoms with E-state index in [9.17, 15) is 4.79 Å². The lowest BCUT2D eigenvalue weighted by atomic mass is 10.0. The maximum absolute atomic E-state index is 12.2. The summed E-state index contributed by atoms with van der Waals surface area (Å²) in [6, 6.07) is 25.5. The van der Waals surface area contributed by atoms with Crippen molar-refractivity contribution in [2.45, 2.75) is 20.8 Å². The Bertz CT molecular complexity index is 759. The molecular weight excluding hydrogens is 294 g/mol. The van der Waals surface area contributed by atoms with Gasteiger partial charge < -0.3 is 5.32 Å². The van der Waals surface area contributed by atoms with Crippen LogP contribution in [-0.4, -0.2) is 5.91 Å². The monoisotopic (exact) mass is 317 g/mol. The van der Waals surface area contributed by atoms with Gasteiger partial charge in [0.05, 0.1) is 0 Å². The molecule has 0 fully saturated rings. The molecule has 2 nitrogen and oxygen atoms in total. The molecule has 2 heteroatoms. The summed E-state index contributed by atoms with van der Waals surface area (Å²) >= 11 is 0. The van der Waals surface area contributed by atoms with Crippen LogP contribution in [0.3, 0.4) is 0 Å². The predicted octanol–water partition coefficient (Wildman–Crippen LogP) is 5.94. The van der Waals surface area contributed by atoms with Crippen LogP contribution in [0.2, 0.25) is 0 Å². The van der Waals surface area contributed by atoms with E-state index < -0.39 is 0 Å². The zero-order valence-corrected chi connectivity index (χ0v) is 14.4. The highest BCUT2D eigenvalue weighted by atomic mass is 16.1. The van der Waals surface area contributed by atoms with Gasteiger partial charge in [0, 0.05) is 11.3 Å². The number of benzene rings is 3. The predicted molar refractivity (Wildman–Crippen MR) is 102 cm³/mol. The lowest BCUT2D eigenvalue weighted by molar-refractivity contribution is 0.102. The first-order valence-electron chi connectivity index (χ1n) is 8.26. The van der Waals surface area contributed by atoms with E-state index >= 15 is 0 Å². The Balaban J connectivity index is 0.00000100. The van der Waals surface area contributed by atoms with Crippen molar-refractivity contribution in [2.75, 3.05) is 5.32 Å². The fourth-order valence-electron chi connectivity index (χ4n) is 2.28. The molecule has 0 aliphatic carbocycles. The molecule has 3 aromatic rings. The Kier molecular flexibility index (Phi) is 6.32. The smallest absolute Gasteiger partial charge is 0.255 e. The lowest BCUT2D eigenvalue weighted by Crippen LogP contribution is -2.11. The molecule has 0 radical (unpaired) electrons. The van der Waals surface area contributed by atoms with Crippen molar-refractivity contribution in [3.05, 3.63) is 90.0 Å². The molecule has 122 valence electrons. The molecule has 3 aromatic carbocycles. The van der Waals surface area contributed by atoms with E-state index in [4.69, 9.17) is 0 Å². The summed E-state index contributed by atoms with van der Waals surface area (Å²) in [5.74, 6) is -0.0940. The Hall–Kier alpha value is -2.87. The van der Waals surface area contributed by atoms with Gasteiger partial charge >= 0.3 is 0 Å². The second-order valence-corrected chi connectivity index (χ2v) is 5.26. The van der Waals surface area contributed by atoms with E-state index in [1.54, 1.807) is 0 Å². The number of rotatable bonds is 3. The van der Waals surface area contributed by atoms with Gasteiger partial charge in [-0.3, -0.25) is 4.79 Å². The number of hydrogen-bond acceptors (Lipinski definition) is 1. The summed E-state index contributed by atoms with van der Waals surface area (Å²) in [5.41, 5.74) is 4.88. The van der Waals surface area contributed by atoms with Gasteiger partial charge in [0.25, 0.3) is 5.91 Å². The molecule has 0 saturated heterocycles. The molecule has 1 amide bonds. The Morgan fingerprint density at radius 3 is 1.83 bits per heavy atom. The second-order valence-electron chi connectivity index (χ2n) is 5.26. The third kappa shape index (κ3) is 4.56. The molecule has 0 saturated carbocycles. The molecule has 1 N–H and O–H groups in total. The highest BCUT2D eigenvalue weighted by Gasteiger charge is 2.06. The first kappa shape index (κ1) is 17.5. The van der Waals surface area contributed by atoms with Gasteiger partial charge in [0.15, 0.2) is 0 Å². The van der Waals surface area contributed by atoms with Crippen LogP contribution in [0.1, 0.15) is 29.8 Å². The lowest BCUT2D eigenvalue weighted by Gasteiger charge is -2.07. The van der Waals surface area contributed by atoms with Crippen LogP contribution in [0.25, 0.3) is 11.1 Å². The minimum atomic E-state index is -0.0940. The van der Waals surface area contributed by atoms with Gasteiger partial charge in [-0.2, -0.15) is 0 Å². The molecule has 0 unspecified atom stereocenters. The molecule has 0 heterocycles. The van der Waals surface area contributed by atoms with Crippen LogP contribution in [0.5, 0.6) is 0 Å². The summed E-state index contributed by atoms with van der Waals surface area (Å²) in [7, 11) is 0. The van der Waals surface area contributed by atoms with Crippen molar-refractivity contribution in [3.63, 3.8) is 0 Å². The number of aryl methyl sites for hydroxylation is 1. The number of carbonyl (C=O) groups is 1. The van der Waals surface area contributed by atoms with E-state index in [0.29, 0.717) is 5.56 Å². The number of nitrogens with one attached hydrogen (secondary N) is 1. The summed E-state index contributed by atoms with van der Waals surface area (Å²) in [5, 5.41) is 2.91. The number of hydrogen-bond donors (Lipinski definition) is 1. The van der Waals surface area contributed by atoms with Crippen molar-refractivity contribution in [3.8, 4) is 11.1 Å². The molecule has 0 aliphatic rings. The number of carbonyl (C=O) groups excluding carboxylic acids is 1. The van der Waals surface area contributed by atoms with E-state index in [0.717, 1.165) is 16.8 Å². The molecule has 3 rings (SSSR count). The van der Waals surface area contributed by atoms with Crippen LogP contribution in [0.15, 0.2) is 78.9 Å². The molecule has 0 bridgehead atoms. The molecular formula is C22H23NO. The van der Waals surface area contributed by atoms with E-state index in [2.05, 4.69) is 17.4 Å². The van der Waals surface area contributed by atoms with Gasteiger partial charge in [0.2, 0.25) is 0 Å². The highest BCUT2D eigenvalue weighted by molar-refractivity contribution is 6.04. The average Bonchev–Trinajstić information content (AvgIpc) is 2.66. The number of anilines is 1. The molecule has 24 heavy (non-hydrogen) atoms. The van der Waals surface area contributed by atoms with E-state index in [1.165, 1.54) is 5.56 Å². The largest absolute Gasteiger partial charge is 0.322 e. The quantitative estimate of drug-likeness (QED) is 0.636. The van der Waals surface area contributed by atoms with Crippen LogP contribution in [0.4, 0.5) is 5.69 Å². The van der Waals surface area contributed by atoms with Gasteiger partial charge in [-0.25, -0.2) is 0 Å². The first-order valence-corrected chi connectivity index (χ1v) is 8.26. The fraction of sp³-hybridized carbons (Fsp3) is 0.136. The normalized spacial score (nSPS) is 9.62. The van der Waals surface area contributed by atoms with Gasteiger partial charge in [-0.1, -0.05) is 74.0 Å². The Morgan fingerprint density at radius 2 is 1.25 bits per heavy atom. The Morgan fingerprint density at radius 1 is 0.708 bits per heavy atom. The standard InChI is InChI=1S/C20H17NO.C2H6/c1-15-7-13-19(14-8-15)21-20(22)18-11-9-17(10-12-18)16-5-3-2-4-6-16;1-2/h2-14H,1H3,(H,21,22);1-2H3. The topological polar surface area (TPSA) is 29.1 Å². The molecule has 0 atom stereocenters. The van der Waals surface area contributed by atoms with E-state index in [1.807, 2.05) is 87.5 Å². The van der Waals surface area contributed by atoms with Crippen molar-refractivity contribution < 1.29 is 4.79 Å². The first-order chi connectivity index (χ1) is 11.7. The zero-order chi connectivity index (χ0) is 17.4. The van der Waals surface area contributed by atoms with Crippen LogP contribution in [-0.2, 0) is 0 Å². The van der Waals surface area contributed by atoms with Crippen LogP contribution in [0, 0.1) is 6.92 Å². The van der Waals surface area contributed by atoms with E-state index in [-0.39, 0.29) is 5.91 Å². The van der Waals surface area contributed by atoms with Crippen molar-refractivity contribution in [1.82, 2.24) is 0 Å². The maximum Gasteiger partial charge on any atom is 0.255 e. The summed E-state index contributed by atoms with van der Waals surface area (Å²) < 4.78 is 0. The SMILES string of the molecule is CC.Cc1ccc(NC(=O)c2ccc(-c3ccccc3)cc2)cc1. The van der Waals surface area contributed by atoms with Crippen LogP contribution < -0.4 is 5.32 Å². The maximum atomic E-state index is 12.2. The third-order valence-corrected chi connectivity index (χ3v) is 3.56. The van der Waals surface area contributed by atoms with Gasteiger partial charge in [-0.15, -0.1) is 0 Å². The molecule has 0 aromatic heterocycles. The summed E-state index contributed by atoms with van der Waals surface area (Å²) in [6.45, 7) is 6.02. The third-order valence-electron chi connectivity index (χ3n) is 3.56. The summed E-state index contributed by atoms with van der Waals surface area (Å²) in [4.78, 5) is 12.2. The zero-order valence-electron chi connectivity index (χ0n) is 14.4. The fourth-order valence-corrected chi connectivity index (χ4v) is 2.28. The minimum Gasteiger partial charge on any atom is -0.322 e. The van der Waals surface area contributed by atoms with Crippen molar-refractivity contribution in [2.24, 2.45) is 0 Å². The summed E-state index contributed by atoms with van der Waals surface area (Å²) in [6.07, 6.45) is 0. The molecule has 0 aliphatic heterocycles. The van der Waals surface area contributed by atoms with Gasteiger partial charge in [0.1, 0.15) is 0 Å². The average molecular weight is 317 g/mol. The van der Waals surface area contributed by atoms with Crippen LogP contribution >= 0.6 is 0 Å². The van der Waals surface area contributed by atoms with Crippen molar-refractivity contribution in [1.29, 1.82) is 0 Å². The van der Waals surface area contributed by atoms with Crippen molar-refractivity contribution >= 4 is 11.6 Å². The number of amides is 1.